The minimum Gasteiger partial charge on any atom is -0.448 e. The Kier molecular flexibility index (Phi) is 7.14. The van der Waals surface area contributed by atoms with Gasteiger partial charge in [0, 0.05) is 28.9 Å². The maximum Gasteiger partial charge on any atom is 0.297 e. The highest BCUT2D eigenvalue weighted by atomic mass is 32.1. The van der Waals surface area contributed by atoms with Crippen molar-refractivity contribution in [1.82, 2.24) is 14.5 Å². The quantitative estimate of drug-likeness (QED) is 0.285. The van der Waals surface area contributed by atoms with Gasteiger partial charge in [-0.3, -0.25) is 14.2 Å². The van der Waals surface area contributed by atoms with Gasteiger partial charge in [0.1, 0.15) is 22.7 Å². The zero-order valence-corrected chi connectivity index (χ0v) is 22.3. The first-order chi connectivity index (χ1) is 18.3. The SMILES string of the molecule is Cc1ccc(C(=O)N(CCN)[C@@H](c2nc3c(oc4ccc(F)cc43)c(=O)n2Cc2cccs2)C(C)C)cc1. The summed E-state index contributed by atoms with van der Waals surface area (Å²) in [5.74, 6) is -0.364. The standard InChI is InChI=1S/C29H29FN4O3S/c1-17(2)25(33(13-12-31)28(35)19-8-6-18(3)7-9-19)27-32-24-22-15-20(30)10-11-23(22)37-26(24)29(36)34(27)16-21-5-4-14-38-21/h4-11,14-15,17,25H,12-13,16,31H2,1-3H3/t25-/m1/s1. The van der Waals surface area contributed by atoms with Crippen LogP contribution in [0.1, 0.15) is 46.5 Å². The van der Waals surface area contributed by atoms with Gasteiger partial charge in [-0.1, -0.05) is 37.6 Å². The molecule has 0 saturated carbocycles. The number of benzene rings is 2. The molecule has 0 spiro atoms. The number of carbonyl (C=O) groups excluding carboxylic acids is 1. The molecule has 0 fully saturated rings. The first-order valence-electron chi connectivity index (χ1n) is 12.5. The summed E-state index contributed by atoms with van der Waals surface area (Å²) >= 11 is 1.52. The number of thiophene rings is 1. The number of halogens is 1. The molecule has 0 aliphatic rings. The average Bonchev–Trinajstić information content (AvgIpc) is 3.53. The third kappa shape index (κ3) is 4.75. The van der Waals surface area contributed by atoms with Crippen molar-refractivity contribution >= 4 is 39.3 Å². The van der Waals surface area contributed by atoms with Crippen LogP contribution in [0.25, 0.3) is 22.1 Å². The molecule has 3 aromatic heterocycles. The zero-order valence-electron chi connectivity index (χ0n) is 21.5. The minimum atomic E-state index is -0.581. The van der Waals surface area contributed by atoms with Crippen LogP contribution in [-0.4, -0.2) is 33.4 Å². The molecule has 0 aliphatic carbocycles. The monoisotopic (exact) mass is 532 g/mol. The van der Waals surface area contributed by atoms with Gasteiger partial charge in [0.25, 0.3) is 11.5 Å². The van der Waals surface area contributed by atoms with Crippen LogP contribution in [0.15, 0.2) is 69.2 Å². The lowest BCUT2D eigenvalue weighted by atomic mass is 9.99. The van der Waals surface area contributed by atoms with Crippen LogP contribution in [0.5, 0.6) is 0 Å². The Morgan fingerprint density at radius 2 is 1.95 bits per heavy atom. The van der Waals surface area contributed by atoms with Crippen LogP contribution >= 0.6 is 11.3 Å². The Bertz CT molecular complexity index is 1660. The number of furan rings is 1. The van der Waals surface area contributed by atoms with Gasteiger partial charge in [-0.2, -0.15) is 0 Å². The predicted octanol–water partition coefficient (Wildman–Crippen LogP) is 5.50. The average molecular weight is 533 g/mol. The molecule has 0 unspecified atom stereocenters. The van der Waals surface area contributed by atoms with E-state index in [1.54, 1.807) is 21.6 Å². The summed E-state index contributed by atoms with van der Waals surface area (Å²) in [6, 6.07) is 14.8. The summed E-state index contributed by atoms with van der Waals surface area (Å²) in [5.41, 5.74) is 7.90. The summed E-state index contributed by atoms with van der Waals surface area (Å²) in [4.78, 5) is 35.3. The lowest BCUT2D eigenvalue weighted by Crippen LogP contribution is -2.43. The number of hydrogen-bond acceptors (Lipinski definition) is 6. The van der Waals surface area contributed by atoms with E-state index in [-0.39, 0.29) is 48.1 Å². The number of aromatic nitrogens is 2. The lowest BCUT2D eigenvalue weighted by Gasteiger charge is -2.35. The number of rotatable bonds is 8. The minimum absolute atomic E-state index is 0.0589. The molecular formula is C29H29FN4O3S. The number of nitrogens with two attached hydrogens (primary N) is 1. The van der Waals surface area contributed by atoms with E-state index in [9.17, 15) is 14.0 Å². The van der Waals surface area contributed by atoms with Crippen molar-refractivity contribution in [3.8, 4) is 0 Å². The summed E-state index contributed by atoms with van der Waals surface area (Å²) in [5, 5.41) is 2.36. The fourth-order valence-electron chi connectivity index (χ4n) is 4.82. The molecule has 3 heterocycles. The molecule has 5 aromatic rings. The number of hydrogen-bond donors (Lipinski definition) is 1. The summed E-state index contributed by atoms with van der Waals surface area (Å²) in [6.45, 7) is 6.69. The first kappa shape index (κ1) is 25.8. The number of amides is 1. The van der Waals surface area contributed by atoms with Crippen LogP contribution in [0.4, 0.5) is 4.39 Å². The molecule has 0 saturated heterocycles. The highest BCUT2D eigenvalue weighted by molar-refractivity contribution is 7.09. The van der Waals surface area contributed by atoms with E-state index in [2.05, 4.69) is 0 Å². The number of carbonyl (C=O) groups is 1. The Morgan fingerprint density at radius 3 is 2.61 bits per heavy atom. The maximum absolute atomic E-state index is 14.2. The van der Waals surface area contributed by atoms with Gasteiger partial charge in [0.2, 0.25) is 5.58 Å². The second-order valence-corrected chi connectivity index (χ2v) is 10.7. The van der Waals surface area contributed by atoms with E-state index >= 15 is 0 Å². The van der Waals surface area contributed by atoms with E-state index in [4.69, 9.17) is 15.1 Å². The molecular weight excluding hydrogens is 503 g/mol. The Labute approximate surface area is 223 Å². The van der Waals surface area contributed by atoms with Gasteiger partial charge in [-0.05, 0) is 54.6 Å². The van der Waals surface area contributed by atoms with Crippen LogP contribution in [0.2, 0.25) is 0 Å². The van der Waals surface area contributed by atoms with Gasteiger partial charge >= 0.3 is 0 Å². The Hall–Kier alpha value is -3.82. The Morgan fingerprint density at radius 1 is 1.18 bits per heavy atom. The van der Waals surface area contributed by atoms with Gasteiger partial charge in [0.15, 0.2) is 0 Å². The third-order valence-corrected chi connectivity index (χ3v) is 7.48. The highest BCUT2D eigenvalue weighted by Gasteiger charge is 2.33. The molecule has 0 radical (unpaired) electrons. The molecule has 7 nitrogen and oxygen atoms in total. The predicted molar refractivity (Wildman–Crippen MR) is 148 cm³/mol. The second kappa shape index (κ2) is 10.5. The van der Waals surface area contributed by atoms with Crippen molar-refractivity contribution in [3.05, 3.63) is 98.0 Å². The largest absolute Gasteiger partial charge is 0.448 e. The summed E-state index contributed by atoms with van der Waals surface area (Å²) in [6.07, 6.45) is 0. The molecule has 5 rings (SSSR count). The van der Waals surface area contributed by atoms with Crippen molar-refractivity contribution in [2.24, 2.45) is 11.7 Å². The van der Waals surface area contributed by atoms with Gasteiger partial charge in [-0.15, -0.1) is 11.3 Å². The third-order valence-electron chi connectivity index (χ3n) is 6.62. The maximum atomic E-state index is 14.2. The number of fused-ring (bicyclic) bond motifs is 3. The van der Waals surface area contributed by atoms with E-state index < -0.39 is 11.9 Å². The van der Waals surface area contributed by atoms with E-state index in [0.717, 1.165) is 10.4 Å². The topological polar surface area (TPSA) is 94.4 Å². The van der Waals surface area contributed by atoms with Crippen molar-refractivity contribution in [2.75, 3.05) is 13.1 Å². The van der Waals surface area contributed by atoms with E-state index in [1.807, 2.05) is 50.4 Å². The van der Waals surface area contributed by atoms with E-state index in [1.165, 1.54) is 29.5 Å². The zero-order chi connectivity index (χ0) is 27.0. The fourth-order valence-corrected chi connectivity index (χ4v) is 5.51. The normalized spacial score (nSPS) is 12.5. The Balaban J connectivity index is 1.76. The molecule has 0 bridgehead atoms. The van der Waals surface area contributed by atoms with Crippen molar-refractivity contribution < 1.29 is 13.6 Å². The molecule has 2 N–H and O–H groups in total. The molecule has 196 valence electrons. The summed E-state index contributed by atoms with van der Waals surface area (Å²) < 4.78 is 21.6. The highest BCUT2D eigenvalue weighted by Crippen LogP contribution is 2.33. The van der Waals surface area contributed by atoms with Gasteiger partial charge < -0.3 is 15.1 Å². The molecule has 1 atom stereocenters. The van der Waals surface area contributed by atoms with E-state index in [0.29, 0.717) is 22.4 Å². The van der Waals surface area contributed by atoms with Gasteiger partial charge in [0.05, 0.1) is 12.6 Å². The van der Waals surface area contributed by atoms with Gasteiger partial charge in [-0.25, -0.2) is 9.37 Å². The second-order valence-electron chi connectivity index (χ2n) is 9.70. The van der Waals surface area contributed by atoms with Crippen molar-refractivity contribution in [1.29, 1.82) is 0 Å². The van der Waals surface area contributed by atoms with Crippen LogP contribution < -0.4 is 11.3 Å². The molecule has 1 amide bonds. The molecule has 38 heavy (non-hydrogen) atoms. The fraction of sp³-hybridized carbons (Fsp3) is 0.276. The summed E-state index contributed by atoms with van der Waals surface area (Å²) in [7, 11) is 0. The molecule has 9 heteroatoms. The number of nitrogens with zero attached hydrogens (tertiary/aromatic N) is 3. The van der Waals surface area contributed by atoms with Crippen LogP contribution in [0, 0.1) is 18.7 Å². The number of aryl methyl sites for hydroxylation is 1. The van der Waals surface area contributed by atoms with Crippen molar-refractivity contribution in [3.63, 3.8) is 0 Å². The van der Waals surface area contributed by atoms with Crippen LogP contribution in [0.3, 0.4) is 0 Å². The molecule has 2 aromatic carbocycles. The molecule has 0 aliphatic heterocycles. The van der Waals surface area contributed by atoms with Crippen LogP contribution in [-0.2, 0) is 6.54 Å². The smallest absolute Gasteiger partial charge is 0.297 e. The lowest BCUT2D eigenvalue weighted by molar-refractivity contribution is 0.0612. The first-order valence-corrected chi connectivity index (χ1v) is 13.4. The van der Waals surface area contributed by atoms with Crippen molar-refractivity contribution in [2.45, 2.75) is 33.4 Å².